The number of quaternary nitrogens is 1. The van der Waals surface area contributed by atoms with Crippen molar-refractivity contribution in [2.45, 2.75) is 6.92 Å². The van der Waals surface area contributed by atoms with E-state index in [4.69, 9.17) is 4.55 Å². The predicted octanol–water partition coefficient (Wildman–Crippen LogP) is 1.35. The summed E-state index contributed by atoms with van der Waals surface area (Å²) >= 11 is 0. The van der Waals surface area contributed by atoms with Gasteiger partial charge in [-0.15, -0.1) is 4.59 Å². The van der Waals surface area contributed by atoms with E-state index in [2.05, 4.69) is 4.18 Å². The summed E-state index contributed by atoms with van der Waals surface area (Å²) in [5.74, 6) is 0.0983. The smallest absolute Gasteiger partial charge is 0.264 e. The van der Waals surface area contributed by atoms with Gasteiger partial charge in [0.05, 0.1) is 25.9 Å². The van der Waals surface area contributed by atoms with E-state index >= 15 is 0 Å². The van der Waals surface area contributed by atoms with Gasteiger partial charge in [-0.3, -0.25) is 8.74 Å². The van der Waals surface area contributed by atoms with E-state index in [-0.39, 0.29) is 10.5 Å². The molecule has 7 nitrogen and oxygen atoms in total. The summed E-state index contributed by atoms with van der Waals surface area (Å²) in [5.41, 5.74) is 1.98. The zero-order valence-corrected chi connectivity index (χ0v) is 13.2. The lowest BCUT2D eigenvalue weighted by molar-refractivity contribution is -0.130. The van der Waals surface area contributed by atoms with Gasteiger partial charge in [-0.1, -0.05) is 18.2 Å². The number of carbonyl (C=O) groups is 1. The van der Waals surface area contributed by atoms with Crippen molar-refractivity contribution in [1.29, 1.82) is 0 Å². The molecule has 1 heterocycles. The van der Waals surface area contributed by atoms with Gasteiger partial charge in [-0.25, -0.2) is 9.80 Å². The van der Waals surface area contributed by atoms with Crippen LogP contribution in [0.1, 0.15) is 6.92 Å². The highest BCUT2D eigenvalue weighted by Gasteiger charge is 2.43. The Labute approximate surface area is 124 Å². The fraction of sp³-hybridized carbons (Fsp3) is 0.308. The first-order valence-corrected chi connectivity index (χ1v) is 7.41. The molecule has 1 aromatic rings. The summed E-state index contributed by atoms with van der Waals surface area (Å²) in [7, 11) is 0.550. The number of hydrogen-bond acceptors (Lipinski definition) is 5. The molecule has 21 heavy (non-hydrogen) atoms. The summed E-state index contributed by atoms with van der Waals surface area (Å²) in [6.45, 7) is 1.95. The van der Waals surface area contributed by atoms with Crippen LogP contribution < -0.4 is 4.59 Å². The quantitative estimate of drug-likeness (QED) is 0.655. The van der Waals surface area contributed by atoms with E-state index in [1.807, 2.05) is 56.4 Å². The van der Waals surface area contributed by atoms with E-state index in [0.717, 1.165) is 18.5 Å². The SMILES string of the molecule is CC1=CC(=O)[N+](C)(c2ccccc2)N1C.COS(=O)(=O)O. The molecule has 0 saturated carbocycles. The normalized spacial score (nSPS) is 21.7. The topological polar surface area (TPSA) is 83.9 Å². The maximum Gasteiger partial charge on any atom is 0.397 e. The number of allylic oxidation sites excluding steroid dienone is 1. The zero-order chi connectivity index (χ0) is 16.3. The standard InChI is InChI=1S/C12H15N2O.CH4O4S/c1-10-9-12(15)14(3,13(10)2)11-7-5-4-6-8-11;1-5-6(2,3)4/h4-9H,1-3H3;1H3,(H,2,3,4)/q+1;. The number of hydrogen-bond donors (Lipinski definition) is 1. The van der Waals surface area contributed by atoms with Crippen LogP contribution in [0.2, 0.25) is 0 Å². The molecule has 1 amide bonds. The fourth-order valence-electron chi connectivity index (χ4n) is 1.88. The molecule has 0 bridgehead atoms. The highest BCUT2D eigenvalue weighted by Crippen LogP contribution is 2.30. The number of rotatable bonds is 2. The van der Waals surface area contributed by atoms with E-state index in [1.165, 1.54) is 0 Å². The second-order valence-electron chi connectivity index (χ2n) is 4.54. The highest BCUT2D eigenvalue weighted by molar-refractivity contribution is 7.80. The van der Waals surface area contributed by atoms with E-state index in [1.54, 1.807) is 6.08 Å². The lowest BCUT2D eigenvalue weighted by Crippen LogP contribution is -2.55. The Morgan fingerprint density at radius 1 is 1.24 bits per heavy atom. The summed E-state index contributed by atoms with van der Waals surface area (Å²) < 4.78 is 29.9. The van der Waals surface area contributed by atoms with E-state index in [9.17, 15) is 13.2 Å². The molecule has 2 rings (SSSR count). The molecule has 0 spiro atoms. The minimum atomic E-state index is -4.16. The van der Waals surface area contributed by atoms with Crippen LogP contribution >= 0.6 is 0 Å². The fourth-order valence-corrected chi connectivity index (χ4v) is 1.88. The number of nitrogens with zero attached hydrogens (tertiary/aromatic N) is 2. The number of benzene rings is 1. The molecular weight excluding hydrogens is 296 g/mol. The monoisotopic (exact) mass is 315 g/mol. The average Bonchev–Trinajstić information content (AvgIpc) is 2.64. The Balaban J connectivity index is 0.000000315. The minimum Gasteiger partial charge on any atom is -0.264 e. The first-order valence-electron chi connectivity index (χ1n) is 6.05. The van der Waals surface area contributed by atoms with Crippen LogP contribution in [0.15, 0.2) is 42.1 Å². The number of para-hydroxylation sites is 1. The van der Waals surface area contributed by atoms with Gasteiger partial charge in [0.15, 0.2) is 5.69 Å². The number of amides is 1. The molecular formula is C13H19N2O5S+. The van der Waals surface area contributed by atoms with Crippen LogP contribution in [0.3, 0.4) is 0 Å². The Morgan fingerprint density at radius 2 is 1.71 bits per heavy atom. The molecule has 0 fully saturated rings. The van der Waals surface area contributed by atoms with Crippen LogP contribution in [0.5, 0.6) is 0 Å². The summed E-state index contributed by atoms with van der Waals surface area (Å²) in [6.07, 6.45) is 1.69. The van der Waals surface area contributed by atoms with Gasteiger partial charge in [0, 0.05) is 12.1 Å². The van der Waals surface area contributed by atoms with Crippen molar-refractivity contribution in [1.82, 2.24) is 9.60 Å². The molecule has 1 N–H and O–H groups in total. The van der Waals surface area contributed by atoms with Gasteiger partial charge in [0.1, 0.15) is 7.05 Å². The molecule has 0 aliphatic carbocycles. The summed E-state index contributed by atoms with van der Waals surface area (Å²) in [5, 5.41) is 1.97. The lowest BCUT2D eigenvalue weighted by atomic mass is 10.3. The van der Waals surface area contributed by atoms with Crippen molar-refractivity contribution < 1.29 is 21.9 Å². The molecule has 8 heteroatoms. The molecule has 1 aliphatic rings. The highest BCUT2D eigenvalue weighted by atomic mass is 32.3. The molecule has 0 aromatic heterocycles. The minimum absolute atomic E-state index is 0.0983. The molecule has 1 aliphatic heterocycles. The van der Waals surface area contributed by atoms with Crippen molar-refractivity contribution in [3.05, 3.63) is 42.1 Å². The van der Waals surface area contributed by atoms with Crippen molar-refractivity contribution in [2.24, 2.45) is 0 Å². The first kappa shape index (κ1) is 17.3. The largest absolute Gasteiger partial charge is 0.397 e. The Kier molecular flexibility index (Phi) is 5.24. The number of carbonyl (C=O) groups excluding carboxylic acids is 1. The van der Waals surface area contributed by atoms with Crippen molar-refractivity contribution >= 4 is 22.0 Å². The molecule has 0 radical (unpaired) electrons. The molecule has 1 unspecified atom stereocenters. The van der Waals surface area contributed by atoms with Crippen molar-refractivity contribution in [3.63, 3.8) is 0 Å². The third-order valence-electron chi connectivity index (χ3n) is 3.34. The lowest BCUT2D eigenvalue weighted by Gasteiger charge is -2.34. The molecule has 1 atom stereocenters. The van der Waals surface area contributed by atoms with Crippen molar-refractivity contribution in [3.8, 4) is 0 Å². The average molecular weight is 315 g/mol. The third kappa shape index (κ3) is 3.88. The summed E-state index contributed by atoms with van der Waals surface area (Å²) in [4.78, 5) is 12.0. The van der Waals surface area contributed by atoms with Gasteiger partial charge in [-0.05, 0) is 6.92 Å². The molecule has 116 valence electrons. The van der Waals surface area contributed by atoms with Crippen LogP contribution in [0.4, 0.5) is 5.69 Å². The predicted molar refractivity (Wildman–Crippen MR) is 79.2 cm³/mol. The Hall–Kier alpha value is -1.74. The van der Waals surface area contributed by atoms with E-state index < -0.39 is 10.4 Å². The molecule has 1 aromatic carbocycles. The number of likely N-dealkylation sites (N-methyl/N-ethyl adjacent to an activating group) is 1. The van der Waals surface area contributed by atoms with Crippen LogP contribution in [0, 0.1) is 0 Å². The van der Waals surface area contributed by atoms with Gasteiger partial charge in [0.2, 0.25) is 0 Å². The van der Waals surface area contributed by atoms with Crippen LogP contribution in [-0.2, 0) is 19.4 Å². The van der Waals surface area contributed by atoms with Gasteiger partial charge < -0.3 is 0 Å². The summed E-state index contributed by atoms with van der Waals surface area (Å²) in [6, 6.07) is 9.80. The van der Waals surface area contributed by atoms with Gasteiger partial charge in [0.25, 0.3) is 0 Å². The van der Waals surface area contributed by atoms with E-state index in [0.29, 0.717) is 0 Å². The Morgan fingerprint density at radius 3 is 2.05 bits per heavy atom. The molecule has 0 saturated heterocycles. The second-order valence-corrected chi connectivity index (χ2v) is 5.73. The third-order valence-corrected chi connectivity index (χ3v) is 3.76. The van der Waals surface area contributed by atoms with Gasteiger partial charge >= 0.3 is 16.3 Å². The Bertz CT molecular complexity index is 642. The first-order chi connectivity index (χ1) is 9.63. The maximum atomic E-state index is 12.0. The maximum absolute atomic E-state index is 12.0. The van der Waals surface area contributed by atoms with Crippen LogP contribution in [0.25, 0.3) is 0 Å². The van der Waals surface area contributed by atoms with Crippen LogP contribution in [-0.4, -0.2) is 45.1 Å². The zero-order valence-electron chi connectivity index (χ0n) is 12.3. The van der Waals surface area contributed by atoms with Gasteiger partial charge in [-0.2, -0.15) is 8.42 Å². The second kappa shape index (κ2) is 6.35. The van der Waals surface area contributed by atoms with Crippen molar-refractivity contribution in [2.75, 3.05) is 21.2 Å².